The van der Waals surface area contributed by atoms with Crippen LogP contribution in [0.3, 0.4) is 0 Å². The van der Waals surface area contributed by atoms with Crippen molar-refractivity contribution in [1.29, 1.82) is 0 Å². The predicted octanol–water partition coefficient (Wildman–Crippen LogP) is 3.84. The highest BCUT2D eigenvalue weighted by molar-refractivity contribution is 6.31. The summed E-state index contributed by atoms with van der Waals surface area (Å²) in [5.74, 6) is 0.370. The van der Waals surface area contributed by atoms with Crippen LogP contribution in [-0.2, 0) is 20.8 Å². The smallest absolute Gasteiger partial charge is 0.267 e. The van der Waals surface area contributed by atoms with Crippen molar-refractivity contribution in [2.45, 2.75) is 50.9 Å². The van der Waals surface area contributed by atoms with Gasteiger partial charge in [-0.3, -0.25) is 9.78 Å². The molecule has 34 heavy (non-hydrogen) atoms. The molecule has 0 radical (unpaired) electrons. The fourth-order valence-corrected chi connectivity index (χ4v) is 4.42. The quantitative estimate of drug-likeness (QED) is 0.412. The summed E-state index contributed by atoms with van der Waals surface area (Å²) in [5.41, 5.74) is 4.18. The van der Waals surface area contributed by atoms with Crippen molar-refractivity contribution in [2.24, 2.45) is 0 Å². The number of hydroxylamine groups is 1. The summed E-state index contributed by atoms with van der Waals surface area (Å²) >= 11 is 6.29. The highest BCUT2D eigenvalue weighted by Gasteiger charge is 2.20. The number of hydrogen-bond donors (Lipinski definition) is 2. The number of amides is 1. The van der Waals surface area contributed by atoms with E-state index >= 15 is 0 Å². The van der Waals surface area contributed by atoms with Gasteiger partial charge >= 0.3 is 0 Å². The second-order valence-electron chi connectivity index (χ2n) is 8.67. The van der Waals surface area contributed by atoms with Crippen LogP contribution in [0.2, 0.25) is 5.02 Å². The first kappa shape index (κ1) is 24.6. The monoisotopic (exact) mass is 485 g/mol. The van der Waals surface area contributed by atoms with Gasteiger partial charge in [-0.2, -0.15) is 0 Å². The van der Waals surface area contributed by atoms with E-state index in [0.29, 0.717) is 18.3 Å². The number of anilines is 1. The Balaban J connectivity index is 1.20. The van der Waals surface area contributed by atoms with E-state index in [1.165, 1.54) is 11.6 Å². The zero-order valence-corrected chi connectivity index (χ0v) is 20.0. The van der Waals surface area contributed by atoms with Gasteiger partial charge in [-0.25, -0.2) is 15.3 Å². The molecule has 2 aliphatic rings. The van der Waals surface area contributed by atoms with E-state index in [2.05, 4.69) is 31.7 Å². The fourth-order valence-electron chi connectivity index (χ4n) is 4.19. The molecule has 1 aromatic heterocycles. The molecule has 8 nitrogen and oxygen atoms in total. The third-order valence-corrected chi connectivity index (χ3v) is 6.39. The van der Waals surface area contributed by atoms with Gasteiger partial charge in [0.2, 0.25) is 0 Å². The Bertz CT molecular complexity index is 950. The van der Waals surface area contributed by atoms with Crippen LogP contribution in [0.4, 0.5) is 5.82 Å². The highest BCUT2D eigenvalue weighted by atomic mass is 35.5. The standard InChI is InChI=1S/C25H32ClN5O3/c26-22-8-2-1-6-19(22)12-14-31-13-5-7-21(18-31)29-23-17-27-20(16-28-23)10-11-24(32)30-34-25-9-3-4-15-33-25/h1-2,6,8,10-11,16-17,21,25H,3-5,7,9,12-15,18H2,(H,28,29)(H,30,32)/b11-10+/t21-,25?/m1/s1. The molecule has 182 valence electrons. The molecule has 0 bridgehead atoms. The average molecular weight is 486 g/mol. The number of rotatable bonds is 9. The van der Waals surface area contributed by atoms with Crippen LogP contribution in [0.25, 0.3) is 6.08 Å². The second kappa shape index (κ2) is 12.8. The summed E-state index contributed by atoms with van der Waals surface area (Å²) in [4.78, 5) is 28.5. The molecule has 3 heterocycles. The van der Waals surface area contributed by atoms with Crippen molar-refractivity contribution in [1.82, 2.24) is 20.3 Å². The van der Waals surface area contributed by atoms with Crippen molar-refractivity contribution in [3.8, 4) is 0 Å². The number of nitrogens with one attached hydrogen (secondary N) is 2. The van der Waals surface area contributed by atoms with E-state index in [1.54, 1.807) is 18.5 Å². The van der Waals surface area contributed by atoms with Gasteiger partial charge in [0.1, 0.15) is 5.82 Å². The van der Waals surface area contributed by atoms with E-state index < -0.39 is 0 Å². The zero-order valence-electron chi connectivity index (χ0n) is 19.3. The summed E-state index contributed by atoms with van der Waals surface area (Å²) < 4.78 is 5.41. The van der Waals surface area contributed by atoms with Crippen molar-refractivity contribution >= 4 is 29.4 Å². The molecule has 2 saturated heterocycles. The number of halogens is 1. The lowest BCUT2D eigenvalue weighted by molar-refractivity contribution is -0.198. The first-order chi connectivity index (χ1) is 16.7. The number of hydrogen-bond acceptors (Lipinski definition) is 7. The van der Waals surface area contributed by atoms with E-state index in [0.717, 1.165) is 69.0 Å². The Hall–Kier alpha value is -2.52. The van der Waals surface area contributed by atoms with E-state index in [-0.39, 0.29) is 12.2 Å². The van der Waals surface area contributed by atoms with Gasteiger partial charge in [0.25, 0.3) is 5.91 Å². The fraction of sp³-hybridized carbons (Fsp3) is 0.480. The van der Waals surface area contributed by atoms with Crippen LogP contribution in [0.1, 0.15) is 43.4 Å². The summed E-state index contributed by atoms with van der Waals surface area (Å²) in [5, 5.41) is 4.33. The SMILES string of the molecule is O=C(/C=C/c1cnc(N[C@@H]2CCCN(CCc3ccccc3Cl)C2)cn1)NOC1CCCCO1. The molecule has 1 aromatic carbocycles. The third kappa shape index (κ3) is 7.77. The molecule has 1 amide bonds. The van der Waals surface area contributed by atoms with Crippen LogP contribution in [0.5, 0.6) is 0 Å². The lowest BCUT2D eigenvalue weighted by atomic mass is 10.0. The van der Waals surface area contributed by atoms with Gasteiger partial charge in [-0.15, -0.1) is 0 Å². The van der Waals surface area contributed by atoms with Crippen LogP contribution in [0.15, 0.2) is 42.7 Å². The lowest BCUT2D eigenvalue weighted by Crippen LogP contribution is -2.43. The summed E-state index contributed by atoms with van der Waals surface area (Å²) in [6.45, 7) is 3.69. The van der Waals surface area contributed by atoms with E-state index in [9.17, 15) is 4.79 Å². The topological polar surface area (TPSA) is 88.6 Å². The number of carbonyl (C=O) groups is 1. The molecule has 0 spiro atoms. The Morgan fingerprint density at radius 1 is 1.21 bits per heavy atom. The highest BCUT2D eigenvalue weighted by Crippen LogP contribution is 2.18. The minimum Gasteiger partial charge on any atom is -0.365 e. The molecule has 1 unspecified atom stereocenters. The van der Waals surface area contributed by atoms with Crippen LogP contribution >= 0.6 is 11.6 Å². The number of carbonyl (C=O) groups excluding carboxylic acids is 1. The summed E-state index contributed by atoms with van der Waals surface area (Å²) in [7, 11) is 0. The van der Waals surface area contributed by atoms with Gasteiger partial charge < -0.3 is 15.0 Å². The normalized spacial score (nSPS) is 21.4. The Kier molecular flexibility index (Phi) is 9.27. The molecule has 2 N–H and O–H groups in total. The number of nitrogens with zero attached hydrogens (tertiary/aromatic N) is 3. The molecule has 2 fully saturated rings. The number of ether oxygens (including phenoxy) is 1. The van der Waals surface area contributed by atoms with Crippen molar-refractivity contribution in [3.63, 3.8) is 0 Å². The van der Waals surface area contributed by atoms with Gasteiger partial charge in [0.15, 0.2) is 6.29 Å². The molecule has 2 aliphatic heterocycles. The van der Waals surface area contributed by atoms with Gasteiger partial charge in [0.05, 0.1) is 18.1 Å². The summed E-state index contributed by atoms with van der Waals surface area (Å²) in [6.07, 6.45) is 12.0. The number of likely N-dealkylation sites (tertiary alicyclic amines) is 1. The molecular formula is C25H32ClN5O3. The Morgan fingerprint density at radius 3 is 2.91 bits per heavy atom. The largest absolute Gasteiger partial charge is 0.365 e. The van der Waals surface area contributed by atoms with Crippen LogP contribution in [-0.4, -0.2) is 59.3 Å². The minimum absolute atomic E-state index is 0.320. The Morgan fingerprint density at radius 2 is 2.12 bits per heavy atom. The van der Waals surface area contributed by atoms with Gasteiger partial charge in [-0.05, 0) is 56.4 Å². The first-order valence-electron chi connectivity index (χ1n) is 12.0. The van der Waals surface area contributed by atoms with E-state index in [4.69, 9.17) is 21.2 Å². The first-order valence-corrected chi connectivity index (χ1v) is 12.3. The molecule has 4 rings (SSSR count). The molecule has 0 saturated carbocycles. The van der Waals surface area contributed by atoms with Gasteiger partial charge in [0, 0.05) is 43.3 Å². The maximum Gasteiger partial charge on any atom is 0.267 e. The third-order valence-electron chi connectivity index (χ3n) is 6.02. The maximum atomic E-state index is 11.9. The average Bonchev–Trinajstić information content (AvgIpc) is 2.87. The maximum absolute atomic E-state index is 11.9. The number of piperidine rings is 1. The zero-order chi connectivity index (χ0) is 23.6. The number of benzene rings is 1. The molecule has 0 aliphatic carbocycles. The lowest BCUT2D eigenvalue weighted by Gasteiger charge is -2.33. The Labute approximate surface area is 205 Å². The van der Waals surface area contributed by atoms with Crippen LogP contribution < -0.4 is 10.8 Å². The van der Waals surface area contributed by atoms with E-state index in [1.807, 2.05) is 18.2 Å². The van der Waals surface area contributed by atoms with Gasteiger partial charge in [-0.1, -0.05) is 29.8 Å². The molecular weight excluding hydrogens is 454 g/mol. The number of aromatic nitrogens is 2. The van der Waals surface area contributed by atoms with Crippen LogP contribution in [0, 0.1) is 0 Å². The van der Waals surface area contributed by atoms with Crippen molar-refractivity contribution in [2.75, 3.05) is 31.6 Å². The molecule has 2 aromatic rings. The van der Waals surface area contributed by atoms with Crippen molar-refractivity contribution < 1.29 is 14.4 Å². The summed E-state index contributed by atoms with van der Waals surface area (Å²) in [6, 6.07) is 8.36. The predicted molar refractivity (Wildman–Crippen MR) is 132 cm³/mol. The second-order valence-corrected chi connectivity index (χ2v) is 9.07. The molecule has 2 atom stereocenters. The van der Waals surface area contributed by atoms with Crippen molar-refractivity contribution in [3.05, 3.63) is 59.0 Å². The molecule has 9 heteroatoms. The minimum atomic E-state index is -0.372.